The number of carbonyl (C=O) groups excluding carboxylic acids is 1. The molecule has 0 saturated carbocycles. The summed E-state index contributed by atoms with van der Waals surface area (Å²) in [6.07, 6.45) is 3.43. The predicted molar refractivity (Wildman–Crippen MR) is 75.6 cm³/mol. The lowest BCUT2D eigenvalue weighted by atomic mass is 10.2. The molecular formula is C14H21N3O3. The molecule has 0 saturated heterocycles. The number of carboxylic acid groups (broad SMARTS) is 1. The summed E-state index contributed by atoms with van der Waals surface area (Å²) in [4.78, 5) is 28.6. The fraction of sp³-hybridized carbons (Fsp3) is 0.500. The van der Waals surface area contributed by atoms with Gasteiger partial charge in [-0.2, -0.15) is 0 Å². The number of hydrogen-bond acceptors (Lipinski definition) is 3. The highest BCUT2D eigenvalue weighted by molar-refractivity contribution is 5.87. The van der Waals surface area contributed by atoms with Gasteiger partial charge >= 0.3 is 12.0 Å². The summed E-state index contributed by atoms with van der Waals surface area (Å²) >= 11 is 0. The van der Waals surface area contributed by atoms with Gasteiger partial charge in [0.25, 0.3) is 0 Å². The first-order valence-corrected chi connectivity index (χ1v) is 6.79. The van der Waals surface area contributed by atoms with Crippen molar-refractivity contribution in [2.75, 3.05) is 13.1 Å². The Hall–Kier alpha value is -2.11. The zero-order valence-electron chi connectivity index (χ0n) is 11.9. The van der Waals surface area contributed by atoms with Gasteiger partial charge in [-0.25, -0.2) is 9.59 Å². The Morgan fingerprint density at radius 1 is 1.40 bits per heavy atom. The Morgan fingerprint density at radius 3 is 2.75 bits per heavy atom. The number of nitrogens with zero attached hydrogens (tertiary/aromatic N) is 2. The lowest BCUT2D eigenvalue weighted by molar-refractivity contribution is 0.0696. The summed E-state index contributed by atoms with van der Waals surface area (Å²) in [7, 11) is 0. The quantitative estimate of drug-likeness (QED) is 0.800. The van der Waals surface area contributed by atoms with Gasteiger partial charge in [0.05, 0.1) is 17.8 Å². The maximum absolute atomic E-state index is 11.9. The van der Waals surface area contributed by atoms with E-state index in [1.807, 2.05) is 6.92 Å². The summed E-state index contributed by atoms with van der Waals surface area (Å²) in [5.74, 6) is -1.00. The molecule has 20 heavy (non-hydrogen) atoms. The van der Waals surface area contributed by atoms with Gasteiger partial charge in [-0.3, -0.25) is 4.98 Å². The van der Waals surface area contributed by atoms with E-state index in [1.54, 1.807) is 4.90 Å². The number of carboxylic acids is 1. The summed E-state index contributed by atoms with van der Waals surface area (Å²) in [5.41, 5.74) is 0.701. The minimum absolute atomic E-state index is 0.150. The van der Waals surface area contributed by atoms with Crippen LogP contribution >= 0.6 is 0 Å². The third kappa shape index (κ3) is 4.87. The topological polar surface area (TPSA) is 82.5 Å². The molecule has 0 aliphatic carbocycles. The van der Waals surface area contributed by atoms with Crippen LogP contribution in [0.4, 0.5) is 4.79 Å². The van der Waals surface area contributed by atoms with Gasteiger partial charge in [0, 0.05) is 19.3 Å². The molecule has 0 atom stereocenters. The molecule has 2 N–H and O–H groups in total. The molecule has 1 rings (SSSR count). The van der Waals surface area contributed by atoms with Crippen LogP contribution in [-0.4, -0.2) is 40.1 Å². The first-order valence-electron chi connectivity index (χ1n) is 6.79. The molecule has 1 heterocycles. The zero-order valence-corrected chi connectivity index (χ0v) is 11.9. The minimum Gasteiger partial charge on any atom is -0.478 e. The van der Waals surface area contributed by atoms with Crippen LogP contribution in [0.3, 0.4) is 0 Å². The molecule has 0 spiro atoms. The van der Waals surface area contributed by atoms with Gasteiger partial charge in [-0.15, -0.1) is 0 Å². The van der Waals surface area contributed by atoms with E-state index in [0.717, 1.165) is 19.4 Å². The molecule has 2 amide bonds. The van der Waals surface area contributed by atoms with Crippen molar-refractivity contribution in [3.8, 4) is 0 Å². The molecule has 110 valence electrons. The molecule has 1 aromatic rings. The minimum atomic E-state index is -1.00. The average molecular weight is 279 g/mol. The number of pyridine rings is 1. The van der Waals surface area contributed by atoms with Crippen molar-refractivity contribution in [2.45, 2.75) is 33.2 Å². The Labute approximate surface area is 118 Å². The van der Waals surface area contributed by atoms with Gasteiger partial charge in [0.1, 0.15) is 0 Å². The van der Waals surface area contributed by atoms with E-state index in [1.165, 1.54) is 18.3 Å². The van der Waals surface area contributed by atoms with Crippen molar-refractivity contribution in [1.29, 1.82) is 0 Å². The molecule has 6 nitrogen and oxygen atoms in total. The SMILES string of the molecule is CCCCN(CC)C(=O)NCc1cc(C(=O)O)ccn1. The van der Waals surface area contributed by atoms with E-state index in [4.69, 9.17) is 5.11 Å². The van der Waals surface area contributed by atoms with Crippen LogP contribution < -0.4 is 5.32 Å². The molecule has 0 unspecified atom stereocenters. The van der Waals surface area contributed by atoms with Crippen LogP contribution in [0.1, 0.15) is 42.7 Å². The second-order valence-corrected chi connectivity index (χ2v) is 4.43. The zero-order chi connectivity index (χ0) is 15.0. The molecular weight excluding hydrogens is 258 g/mol. The van der Waals surface area contributed by atoms with Gasteiger partial charge in [0.2, 0.25) is 0 Å². The summed E-state index contributed by atoms with van der Waals surface area (Å²) in [6, 6.07) is 2.74. The van der Waals surface area contributed by atoms with Crippen molar-refractivity contribution in [3.05, 3.63) is 29.6 Å². The summed E-state index contributed by atoms with van der Waals surface area (Å²) < 4.78 is 0. The van der Waals surface area contributed by atoms with E-state index < -0.39 is 5.97 Å². The second kappa shape index (κ2) is 8.14. The van der Waals surface area contributed by atoms with E-state index in [0.29, 0.717) is 12.2 Å². The van der Waals surface area contributed by atoms with Crippen molar-refractivity contribution in [2.24, 2.45) is 0 Å². The van der Waals surface area contributed by atoms with Crippen molar-refractivity contribution in [1.82, 2.24) is 15.2 Å². The van der Waals surface area contributed by atoms with E-state index in [-0.39, 0.29) is 18.1 Å². The number of nitrogens with one attached hydrogen (secondary N) is 1. The smallest absolute Gasteiger partial charge is 0.335 e. The largest absolute Gasteiger partial charge is 0.478 e. The first-order chi connectivity index (χ1) is 9.58. The predicted octanol–water partition coefficient (Wildman–Crippen LogP) is 2.11. The number of amides is 2. The monoisotopic (exact) mass is 279 g/mol. The number of aromatic carboxylic acids is 1. The lowest BCUT2D eigenvalue weighted by Crippen LogP contribution is -2.40. The second-order valence-electron chi connectivity index (χ2n) is 4.43. The molecule has 0 bridgehead atoms. The molecule has 0 aromatic carbocycles. The normalized spacial score (nSPS) is 10.1. The molecule has 0 radical (unpaired) electrons. The number of unbranched alkanes of at least 4 members (excludes halogenated alkanes) is 1. The van der Waals surface area contributed by atoms with Gasteiger partial charge in [-0.05, 0) is 25.5 Å². The number of urea groups is 1. The van der Waals surface area contributed by atoms with E-state index in [2.05, 4.69) is 17.2 Å². The van der Waals surface area contributed by atoms with Crippen LogP contribution in [0.15, 0.2) is 18.3 Å². The van der Waals surface area contributed by atoms with Crippen LogP contribution in [0.2, 0.25) is 0 Å². The molecule has 0 fully saturated rings. The highest BCUT2D eigenvalue weighted by Crippen LogP contribution is 2.02. The Balaban J connectivity index is 2.55. The van der Waals surface area contributed by atoms with Crippen LogP contribution in [0.25, 0.3) is 0 Å². The molecule has 0 aliphatic rings. The number of rotatable bonds is 7. The van der Waals surface area contributed by atoms with Gasteiger partial charge in [0.15, 0.2) is 0 Å². The van der Waals surface area contributed by atoms with Crippen LogP contribution in [0.5, 0.6) is 0 Å². The van der Waals surface area contributed by atoms with Crippen molar-refractivity contribution in [3.63, 3.8) is 0 Å². The Kier molecular flexibility index (Phi) is 6.49. The van der Waals surface area contributed by atoms with Crippen LogP contribution in [0, 0.1) is 0 Å². The maximum Gasteiger partial charge on any atom is 0.335 e. The summed E-state index contributed by atoms with van der Waals surface area (Å²) in [5, 5.41) is 11.6. The first kappa shape index (κ1) is 15.9. The average Bonchev–Trinajstić information content (AvgIpc) is 2.46. The third-order valence-electron chi connectivity index (χ3n) is 2.93. The number of carbonyl (C=O) groups is 2. The van der Waals surface area contributed by atoms with Gasteiger partial charge in [-0.1, -0.05) is 13.3 Å². The molecule has 0 aliphatic heterocycles. The standard InChI is InChI=1S/C14H21N3O3/c1-3-5-8-17(4-2)14(20)16-10-12-9-11(13(18)19)6-7-15-12/h6-7,9H,3-5,8,10H2,1-2H3,(H,16,20)(H,18,19). The molecule has 1 aromatic heterocycles. The van der Waals surface area contributed by atoms with E-state index in [9.17, 15) is 9.59 Å². The van der Waals surface area contributed by atoms with Crippen LogP contribution in [-0.2, 0) is 6.54 Å². The maximum atomic E-state index is 11.9. The Morgan fingerprint density at radius 2 is 2.15 bits per heavy atom. The lowest BCUT2D eigenvalue weighted by Gasteiger charge is -2.21. The number of aromatic nitrogens is 1. The Bertz CT molecular complexity index is 463. The van der Waals surface area contributed by atoms with E-state index >= 15 is 0 Å². The number of hydrogen-bond donors (Lipinski definition) is 2. The van der Waals surface area contributed by atoms with Gasteiger partial charge < -0.3 is 15.3 Å². The highest BCUT2D eigenvalue weighted by Gasteiger charge is 2.11. The van der Waals surface area contributed by atoms with Crippen molar-refractivity contribution >= 4 is 12.0 Å². The summed E-state index contributed by atoms with van der Waals surface area (Å²) in [6.45, 7) is 5.60. The highest BCUT2D eigenvalue weighted by atomic mass is 16.4. The third-order valence-corrected chi connectivity index (χ3v) is 2.93. The fourth-order valence-corrected chi connectivity index (χ4v) is 1.74. The molecule has 6 heteroatoms. The van der Waals surface area contributed by atoms with Crippen molar-refractivity contribution < 1.29 is 14.7 Å². The fourth-order valence-electron chi connectivity index (χ4n) is 1.74.